The van der Waals surface area contributed by atoms with Gasteiger partial charge in [-0.1, -0.05) is 0 Å². The number of carboxylic acid groups (broad SMARTS) is 1. The van der Waals surface area contributed by atoms with Crippen LogP contribution in [-0.4, -0.2) is 27.5 Å². The lowest BCUT2D eigenvalue weighted by Gasteiger charge is -2.11. The number of aliphatic carboxylic acids is 1. The van der Waals surface area contributed by atoms with Crippen molar-refractivity contribution in [1.29, 1.82) is 0 Å². The van der Waals surface area contributed by atoms with Crippen LogP contribution in [0.4, 0.5) is 17.6 Å². The molecular formula is C9H7F4NO4. The second-order valence-electron chi connectivity index (χ2n) is 3.17. The Labute approximate surface area is 97.6 Å². The summed E-state index contributed by atoms with van der Waals surface area (Å²) >= 11 is 0. The van der Waals surface area contributed by atoms with Gasteiger partial charge in [0.1, 0.15) is 18.1 Å². The predicted molar refractivity (Wildman–Crippen MR) is 48.7 cm³/mol. The quantitative estimate of drug-likeness (QED) is 0.814. The Morgan fingerprint density at radius 1 is 1.44 bits per heavy atom. The normalized spacial score (nSPS) is 11.3. The highest BCUT2D eigenvalue weighted by Crippen LogP contribution is 2.29. The molecule has 100 valence electrons. The summed E-state index contributed by atoms with van der Waals surface area (Å²) in [6.45, 7) is -1.35. The first kappa shape index (κ1) is 14.0. The Hall–Kier alpha value is -2.06. The molecule has 0 bridgehead atoms. The van der Waals surface area contributed by atoms with Crippen LogP contribution in [0.15, 0.2) is 6.07 Å². The van der Waals surface area contributed by atoms with E-state index < -0.39 is 48.3 Å². The Bertz CT molecular complexity index is 461. The fraction of sp³-hybridized carbons (Fsp3) is 0.333. The number of aromatic hydroxyl groups is 1. The van der Waals surface area contributed by atoms with E-state index in [4.69, 9.17) is 5.11 Å². The third-order valence-electron chi connectivity index (χ3n) is 1.81. The Kier molecular flexibility index (Phi) is 3.94. The molecule has 1 aromatic heterocycles. The first-order valence-corrected chi connectivity index (χ1v) is 4.48. The minimum Gasteiger partial charge on any atom is -0.506 e. The zero-order chi connectivity index (χ0) is 13.9. The molecule has 0 saturated carbocycles. The summed E-state index contributed by atoms with van der Waals surface area (Å²) in [5, 5.41) is 17.8. The van der Waals surface area contributed by atoms with Crippen molar-refractivity contribution in [2.75, 3.05) is 0 Å². The van der Waals surface area contributed by atoms with Gasteiger partial charge in [0, 0.05) is 11.6 Å². The number of halogens is 4. The van der Waals surface area contributed by atoms with Gasteiger partial charge < -0.3 is 14.9 Å². The minimum absolute atomic E-state index is 0.413. The highest BCUT2D eigenvalue weighted by molar-refractivity contribution is 5.71. The number of pyridine rings is 1. The van der Waals surface area contributed by atoms with Crippen molar-refractivity contribution < 1.29 is 37.3 Å². The largest absolute Gasteiger partial charge is 0.574 e. The molecular weight excluding hydrogens is 262 g/mol. The van der Waals surface area contributed by atoms with Crippen molar-refractivity contribution in [2.45, 2.75) is 19.5 Å². The molecule has 5 nitrogen and oxygen atoms in total. The van der Waals surface area contributed by atoms with Crippen LogP contribution in [0.3, 0.4) is 0 Å². The zero-order valence-corrected chi connectivity index (χ0v) is 8.66. The van der Waals surface area contributed by atoms with Crippen molar-refractivity contribution >= 4 is 5.97 Å². The highest BCUT2D eigenvalue weighted by Gasteiger charge is 2.32. The van der Waals surface area contributed by atoms with Crippen LogP contribution in [-0.2, 0) is 17.9 Å². The number of aromatic nitrogens is 1. The molecule has 9 heteroatoms. The highest BCUT2D eigenvalue weighted by atomic mass is 19.4. The van der Waals surface area contributed by atoms with Crippen LogP contribution in [0, 0.1) is 0 Å². The number of alkyl halides is 4. The summed E-state index contributed by atoms with van der Waals surface area (Å²) in [7, 11) is 0. The van der Waals surface area contributed by atoms with Crippen LogP contribution in [0.2, 0.25) is 0 Å². The van der Waals surface area contributed by atoms with E-state index in [-0.39, 0.29) is 0 Å². The molecule has 0 unspecified atom stereocenters. The lowest BCUT2D eigenvalue weighted by Crippen LogP contribution is -2.18. The fourth-order valence-corrected chi connectivity index (χ4v) is 1.18. The maximum Gasteiger partial charge on any atom is 0.574 e. The second-order valence-corrected chi connectivity index (χ2v) is 3.17. The Morgan fingerprint density at radius 3 is 2.50 bits per heavy atom. The van der Waals surface area contributed by atoms with Crippen molar-refractivity contribution in [3.63, 3.8) is 0 Å². The molecule has 2 N–H and O–H groups in total. The third-order valence-corrected chi connectivity index (χ3v) is 1.81. The van der Waals surface area contributed by atoms with Gasteiger partial charge in [-0.3, -0.25) is 4.79 Å². The Morgan fingerprint density at radius 2 is 2.06 bits per heavy atom. The van der Waals surface area contributed by atoms with Crippen LogP contribution < -0.4 is 4.74 Å². The van der Waals surface area contributed by atoms with E-state index in [9.17, 15) is 27.5 Å². The summed E-state index contributed by atoms with van der Waals surface area (Å²) in [6, 6.07) is 0.593. The van der Waals surface area contributed by atoms with Gasteiger partial charge in [-0.15, -0.1) is 13.2 Å². The number of hydrogen-bond donors (Lipinski definition) is 2. The molecule has 1 heterocycles. The molecule has 0 aliphatic heterocycles. The van der Waals surface area contributed by atoms with Gasteiger partial charge in [0.25, 0.3) is 0 Å². The predicted octanol–water partition coefficient (Wildman–Crippen LogP) is 1.78. The van der Waals surface area contributed by atoms with Gasteiger partial charge in [-0.05, 0) is 0 Å². The molecule has 0 radical (unpaired) electrons. The van der Waals surface area contributed by atoms with E-state index in [1.165, 1.54) is 0 Å². The number of rotatable bonds is 4. The molecule has 0 saturated heterocycles. The average Bonchev–Trinajstić information content (AvgIpc) is 2.19. The third kappa shape index (κ3) is 3.75. The van der Waals surface area contributed by atoms with E-state index >= 15 is 0 Å². The summed E-state index contributed by atoms with van der Waals surface area (Å²) in [6.07, 6.45) is -5.83. The molecule has 1 aromatic rings. The number of hydrogen-bond acceptors (Lipinski definition) is 4. The van der Waals surface area contributed by atoms with Crippen molar-refractivity contribution in [3.8, 4) is 11.6 Å². The summed E-state index contributed by atoms with van der Waals surface area (Å²) < 4.78 is 51.7. The summed E-state index contributed by atoms with van der Waals surface area (Å²) in [5.74, 6) is -3.22. The van der Waals surface area contributed by atoms with Crippen LogP contribution in [0.25, 0.3) is 0 Å². The molecule has 0 atom stereocenters. The zero-order valence-electron chi connectivity index (χ0n) is 8.66. The number of ether oxygens (including phenoxy) is 1. The molecule has 0 amide bonds. The summed E-state index contributed by atoms with van der Waals surface area (Å²) in [4.78, 5) is 13.5. The summed E-state index contributed by atoms with van der Waals surface area (Å²) in [5.41, 5.74) is -1.13. The molecule has 0 fully saturated rings. The monoisotopic (exact) mass is 269 g/mol. The maximum absolute atomic E-state index is 12.4. The standard InChI is InChI=1S/C9H7F4NO4/c10-3-5-8(17)4(2-7(15)16)1-6(14-5)18-9(11,12)13/h1,17H,2-3H2,(H,15,16). The van der Waals surface area contributed by atoms with Gasteiger partial charge in [-0.25, -0.2) is 9.37 Å². The van der Waals surface area contributed by atoms with Crippen molar-refractivity contribution in [3.05, 3.63) is 17.3 Å². The number of nitrogens with zero attached hydrogens (tertiary/aromatic N) is 1. The second kappa shape index (κ2) is 5.07. The van der Waals surface area contributed by atoms with Gasteiger partial charge in [0.05, 0.1) is 6.42 Å². The Balaban J connectivity index is 3.17. The molecule has 0 aromatic carbocycles. The molecule has 18 heavy (non-hydrogen) atoms. The maximum atomic E-state index is 12.4. The fourth-order valence-electron chi connectivity index (χ4n) is 1.18. The van der Waals surface area contributed by atoms with E-state index in [1.54, 1.807) is 0 Å². The number of carbonyl (C=O) groups is 1. The van der Waals surface area contributed by atoms with Crippen LogP contribution >= 0.6 is 0 Å². The van der Waals surface area contributed by atoms with Crippen molar-refractivity contribution in [1.82, 2.24) is 4.98 Å². The van der Waals surface area contributed by atoms with E-state index in [2.05, 4.69) is 9.72 Å². The molecule has 0 aliphatic carbocycles. The smallest absolute Gasteiger partial charge is 0.506 e. The topological polar surface area (TPSA) is 79.7 Å². The lowest BCUT2D eigenvalue weighted by molar-refractivity contribution is -0.276. The first-order valence-electron chi connectivity index (χ1n) is 4.48. The van der Waals surface area contributed by atoms with Crippen LogP contribution in [0.1, 0.15) is 11.3 Å². The van der Waals surface area contributed by atoms with Gasteiger partial charge in [0.2, 0.25) is 5.88 Å². The lowest BCUT2D eigenvalue weighted by atomic mass is 10.1. The average molecular weight is 269 g/mol. The van der Waals surface area contributed by atoms with Gasteiger partial charge in [0.15, 0.2) is 0 Å². The van der Waals surface area contributed by atoms with E-state index in [0.717, 1.165) is 0 Å². The molecule has 1 rings (SSSR count). The molecule has 0 spiro atoms. The van der Waals surface area contributed by atoms with Crippen LogP contribution in [0.5, 0.6) is 11.6 Å². The van der Waals surface area contributed by atoms with E-state index in [1.807, 2.05) is 0 Å². The van der Waals surface area contributed by atoms with Gasteiger partial charge in [-0.2, -0.15) is 0 Å². The van der Waals surface area contributed by atoms with Crippen molar-refractivity contribution in [2.24, 2.45) is 0 Å². The SMILES string of the molecule is O=C(O)Cc1cc(OC(F)(F)F)nc(CF)c1O. The number of carboxylic acids is 1. The van der Waals surface area contributed by atoms with Gasteiger partial charge >= 0.3 is 12.3 Å². The minimum atomic E-state index is -5.04. The molecule has 0 aliphatic rings. The first-order chi connectivity index (χ1) is 8.23. The van der Waals surface area contributed by atoms with E-state index in [0.29, 0.717) is 6.07 Å².